The number of fused-ring (bicyclic) bond motifs is 2. The molecular weight excluding hydrogens is 430 g/mol. The number of oxazole rings is 1. The van der Waals surface area contributed by atoms with Gasteiger partial charge in [-0.15, -0.1) is 0 Å². The summed E-state index contributed by atoms with van der Waals surface area (Å²) in [4.78, 5) is 27.3. The summed E-state index contributed by atoms with van der Waals surface area (Å²) in [5, 5.41) is 4.90. The van der Waals surface area contributed by atoms with Crippen LogP contribution in [0.2, 0.25) is 0 Å². The molecule has 170 valence electrons. The third-order valence-corrected chi connectivity index (χ3v) is 6.53. The molecule has 4 heterocycles. The first-order chi connectivity index (χ1) is 16.5. The lowest BCUT2D eigenvalue weighted by Crippen LogP contribution is -2.32. The predicted molar refractivity (Wildman–Crippen MR) is 127 cm³/mol. The van der Waals surface area contributed by atoms with Gasteiger partial charge in [-0.3, -0.25) is 9.36 Å². The zero-order valence-corrected chi connectivity index (χ0v) is 18.9. The number of nitrogens with zero attached hydrogens (tertiary/aromatic N) is 5. The molecule has 8 nitrogen and oxygen atoms in total. The zero-order valence-electron chi connectivity index (χ0n) is 18.9. The van der Waals surface area contributed by atoms with Crippen LogP contribution in [0.3, 0.4) is 0 Å². The zero-order chi connectivity index (χ0) is 23.4. The molecule has 2 aromatic carbocycles. The van der Waals surface area contributed by atoms with Crippen LogP contribution in [0.25, 0.3) is 22.6 Å². The average Bonchev–Trinajstić information content (AvgIpc) is 3.59. The average molecular weight is 454 g/mol. The summed E-state index contributed by atoms with van der Waals surface area (Å²) in [6, 6.07) is 17.4. The van der Waals surface area contributed by atoms with Gasteiger partial charge in [-0.2, -0.15) is 5.10 Å². The molecule has 1 aliphatic rings. The molecule has 3 aromatic heterocycles. The molecule has 1 aliphatic heterocycles. The second-order valence-corrected chi connectivity index (χ2v) is 8.69. The highest BCUT2D eigenvalue weighted by atomic mass is 16.4. The Balaban J connectivity index is 1.34. The Morgan fingerprint density at radius 2 is 1.79 bits per heavy atom. The van der Waals surface area contributed by atoms with Gasteiger partial charge in [0.1, 0.15) is 12.4 Å². The highest BCUT2D eigenvalue weighted by Gasteiger charge is 2.32. The van der Waals surface area contributed by atoms with E-state index < -0.39 is 5.76 Å². The molecule has 0 atom stereocenters. The van der Waals surface area contributed by atoms with E-state index in [1.165, 1.54) is 15.7 Å². The highest BCUT2D eigenvalue weighted by molar-refractivity contribution is 5.80. The molecule has 5 aromatic rings. The van der Waals surface area contributed by atoms with Gasteiger partial charge in [-0.05, 0) is 61.4 Å². The summed E-state index contributed by atoms with van der Waals surface area (Å²) in [6.07, 6.45) is 3.97. The molecule has 0 saturated carbocycles. The summed E-state index contributed by atoms with van der Waals surface area (Å²) in [5.74, 6) is 0.242. The number of rotatable bonds is 4. The third kappa shape index (κ3) is 3.18. The lowest BCUT2D eigenvalue weighted by atomic mass is 10.1. The SMILES string of the molecule is Cc1ccc(-n2nc3c(c2-n2cccc2)CN(C(=O)Cn2c(=O)oc4ccccc42)C3)cc1C. The topological polar surface area (TPSA) is 78.2 Å². The first-order valence-corrected chi connectivity index (χ1v) is 11.2. The van der Waals surface area contributed by atoms with Crippen molar-refractivity contribution >= 4 is 17.0 Å². The Hall–Kier alpha value is -4.33. The highest BCUT2D eigenvalue weighted by Crippen LogP contribution is 2.31. The van der Waals surface area contributed by atoms with Crippen LogP contribution in [-0.2, 0) is 24.4 Å². The molecule has 0 fully saturated rings. The van der Waals surface area contributed by atoms with E-state index in [1.54, 1.807) is 23.1 Å². The summed E-state index contributed by atoms with van der Waals surface area (Å²) >= 11 is 0. The van der Waals surface area contributed by atoms with Crippen molar-refractivity contribution in [2.75, 3.05) is 0 Å². The van der Waals surface area contributed by atoms with Crippen molar-refractivity contribution in [1.29, 1.82) is 0 Å². The number of aryl methyl sites for hydroxylation is 2. The standard InChI is InChI=1S/C26H23N5O3/c1-17-9-10-19(13-18(17)2)31-25(28-11-5-6-12-28)20-14-29(15-21(20)27-31)24(32)16-30-22-7-3-4-8-23(22)34-26(30)33/h3-13H,14-16H2,1-2H3. The van der Waals surface area contributed by atoms with Gasteiger partial charge in [0.25, 0.3) is 0 Å². The Morgan fingerprint density at radius 3 is 2.59 bits per heavy atom. The quantitative estimate of drug-likeness (QED) is 0.415. The minimum atomic E-state index is -0.528. The first kappa shape index (κ1) is 20.3. The summed E-state index contributed by atoms with van der Waals surface area (Å²) in [6.45, 7) is 4.93. The predicted octanol–water partition coefficient (Wildman–Crippen LogP) is 3.73. The number of para-hydroxylation sites is 2. The molecule has 0 spiro atoms. The Bertz CT molecular complexity index is 1600. The first-order valence-electron chi connectivity index (χ1n) is 11.2. The van der Waals surface area contributed by atoms with Gasteiger partial charge in [0, 0.05) is 18.0 Å². The van der Waals surface area contributed by atoms with Gasteiger partial charge >= 0.3 is 5.76 Å². The van der Waals surface area contributed by atoms with Crippen molar-refractivity contribution in [3.8, 4) is 11.5 Å². The Morgan fingerprint density at radius 1 is 1.00 bits per heavy atom. The van der Waals surface area contributed by atoms with Crippen LogP contribution in [0.5, 0.6) is 0 Å². The number of carbonyl (C=O) groups excluding carboxylic acids is 1. The van der Waals surface area contributed by atoms with Crippen LogP contribution < -0.4 is 5.76 Å². The molecule has 0 unspecified atom stereocenters. The van der Waals surface area contributed by atoms with E-state index >= 15 is 0 Å². The van der Waals surface area contributed by atoms with Gasteiger partial charge in [-0.1, -0.05) is 18.2 Å². The van der Waals surface area contributed by atoms with Gasteiger partial charge in [0.2, 0.25) is 5.91 Å². The van der Waals surface area contributed by atoms with E-state index in [-0.39, 0.29) is 12.5 Å². The van der Waals surface area contributed by atoms with Crippen molar-refractivity contribution in [2.45, 2.75) is 33.5 Å². The van der Waals surface area contributed by atoms with E-state index in [0.717, 1.165) is 22.8 Å². The molecule has 34 heavy (non-hydrogen) atoms. The molecule has 1 amide bonds. The Kier molecular flexibility index (Phi) is 4.55. The third-order valence-electron chi connectivity index (χ3n) is 6.53. The summed E-state index contributed by atoms with van der Waals surface area (Å²) in [7, 11) is 0. The van der Waals surface area contributed by atoms with Gasteiger partial charge in [0.05, 0.1) is 30.0 Å². The van der Waals surface area contributed by atoms with Crippen LogP contribution >= 0.6 is 0 Å². The molecule has 0 aliphatic carbocycles. The minimum Gasteiger partial charge on any atom is -0.408 e. The Labute approximate surface area is 195 Å². The molecule has 0 N–H and O–H groups in total. The number of aromatic nitrogens is 4. The van der Waals surface area contributed by atoms with E-state index in [9.17, 15) is 9.59 Å². The lowest BCUT2D eigenvalue weighted by Gasteiger charge is -2.18. The summed E-state index contributed by atoms with van der Waals surface area (Å²) in [5.41, 5.74) is 6.36. The monoisotopic (exact) mass is 453 g/mol. The maximum atomic E-state index is 13.2. The maximum absolute atomic E-state index is 13.2. The molecule has 0 saturated heterocycles. The van der Waals surface area contributed by atoms with Crippen LogP contribution in [0.1, 0.15) is 22.4 Å². The molecule has 6 rings (SSSR count). The van der Waals surface area contributed by atoms with Crippen molar-refractivity contribution < 1.29 is 9.21 Å². The van der Waals surface area contributed by atoms with Crippen molar-refractivity contribution in [3.63, 3.8) is 0 Å². The molecule has 8 heteroatoms. The number of carbonyl (C=O) groups is 1. The van der Waals surface area contributed by atoms with E-state index in [2.05, 4.69) is 32.0 Å². The molecule has 0 radical (unpaired) electrons. The van der Waals surface area contributed by atoms with Crippen molar-refractivity contribution in [2.24, 2.45) is 0 Å². The number of hydrogen-bond acceptors (Lipinski definition) is 4. The fourth-order valence-corrected chi connectivity index (χ4v) is 4.56. The van der Waals surface area contributed by atoms with Crippen LogP contribution in [0, 0.1) is 13.8 Å². The fraction of sp³-hybridized carbons (Fsp3) is 0.192. The van der Waals surface area contributed by atoms with E-state index in [1.807, 2.05) is 39.8 Å². The normalized spacial score (nSPS) is 13.1. The van der Waals surface area contributed by atoms with Crippen LogP contribution in [0.15, 0.2) is 76.2 Å². The summed E-state index contributed by atoms with van der Waals surface area (Å²) < 4.78 is 10.6. The minimum absolute atomic E-state index is 0.0733. The van der Waals surface area contributed by atoms with Gasteiger partial charge in [-0.25, -0.2) is 9.48 Å². The lowest BCUT2D eigenvalue weighted by molar-refractivity contribution is -0.132. The van der Waals surface area contributed by atoms with Gasteiger partial charge < -0.3 is 13.9 Å². The second kappa shape index (κ2) is 7.62. The second-order valence-electron chi connectivity index (χ2n) is 8.69. The van der Waals surface area contributed by atoms with Crippen LogP contribution in [-0.4, -0.2) is 29.7 Å². The van der Waals surface area contributed by atoms with Crippen LogP contribution in [0.4, 0.5) is 0 Å². The smallest absolute Gasteiger partial charge is 0.408 e. The van der Waals surface area contributed by atoms with Gasteiger partial charge in [0.15, 0.2) is 5.58 Å². The van der Waals surface area contributed by atoms with E-state index in [4.69, 9.17) is 9.52 Å². The number of amides is 1. The molecule has 0 bridgehead atoms. The number of benzene rings is 2. The maximum Gasteiger partial charge on any atom is 0.420 e. The number of hydrogen-bond donors (Lipinski definition) is 0. The largest absolute Gasteiger partial charge is 0.420 e. The van der Waals surface area contributed by atoms with E-state index in [0.29, 0.717) is 24.2 Å². The van der Waals surface area contributed by atoms with Crippen molar-refractivity contribution in [3.05, 3.63) is 99.9 Å². The fourth-order valence-electron chi connectivity index (χ4n) is 4.56. The van der Waals surface area contributed by atoms with Crippen molar-refractivity contribution in [1.82, 2.24) is 23.8 Å². The molecular formula is C26H23N5O3.